The van der Waals surface area contributed by atoms with Gasteiger partial charge in [0.15, 0.2) is 6.10 Å². The van der Waals surface area contributed by atoms with Gasteiger partial charge in [-0.15, -0.1) is 0 Å². The van der Waals surface area contributed by atoms with Gasteiger partial charge in [0.1, 0.15) is 17.1 Å². The molecule has 1 atom stereocenters. The Labute approximate surface area is 118 Å². The standard InChI is InChI=1S/C15H21NO4/c1-9-8-13(10(2)19-9)15(18)20-11(3)14(17)16-12-6-4-5-7-12/h8,11-12H,4-7H2,1-3H3,(H,16,17)/t11-/m0/s1. The lowest BCUT2D eigenvalue weighted by molar-refractivity contribution is -0.129. The van der Waals surface area contributed by atoms with Gasteiger partial charge in [0.2, 0.25) is 0 Å². The fourth-order valence-electron chi connectivity index (χ4n) is 2.50. The maximum atomic E-state index is 12.0. The van der Waals surface area contributed by atoms with Crippen LogP contribution in [0.3, 0.4) is 0 Å². The van der Waals surface area contributed by atoms with Crippen LogP contribution in [0.1, 0.15) is 54.5 Å². The van der Waals surface area contributed by atoms with Crippen molar-refractivity contribution < 1.29 is 18.7 Å². The first-order valence-electron chi connectivity index (χ1n) is 7.05. The largest absolute Gasteiger partial charge is 0.466 e. The molecule has 0 spiro atoms. The molecule has 1 amide bonds. The molecular weight excluding hydrogens is 258 g/mol. The minimum atomic E-state index is -0.794. The van der Waals surface area contributed by atoms with Crippen LogP contribution in [-0.4, -0.2) is 24.0 Å². The van der Waals surface area contributed by atoms with Crippen molar-refractivity contribution in [2.75, 3.05) is 0 Å². The molecule has 1 N–H and O–H groups in total. The van der Waals surface area contributed by atoms with Gasteiger partial charge in [0.25, 0.3) is 5.91 Å². The van der Waals surface area contributed by atoms with Gasteiger partial charge in [-0.2, -0.15) is 0 Å². The molecule has 20 heavy (non-hydrogen) atoms. The van der Waals surface area contributed by atoms with Gasteiger partial charge in [-0.25, -0.2) is 4.79 Å². The van der Waals surface area contributed by atoms with Gasteiger partial charge >= 0.3 is 5.97 Å². The summed E-state index contributed by atoms with van der Waals surface area (Å²) in [5.74, 6) is 0.407. The third kappa shape index (κ3) is 3.40. The van der Waals surface area contributed by atoms with E-state index in [1.54, 1.807) is 26.8 Å². The number of amides is 1. The Morgan fingerprint density at radius 3 is 2.55 bits per heavy atom. The van der Waals surface area contributed by atoms with Gasteiger partial charge in [-0.3, -0.25) is 4.79 Å². The predicted molar refractivity (Wildman–Crippen MR) is 73.5 cm³/mol. The predicted octanol–water partition coefficient (Wildman–Crippen LogP) is 2.50. The minimum absolute atomic E-state index is 0.224. The van der Waals surface area contributed by atoms with Crippen molar-refractivity contribution in [2.24, 2.45) is 0 Å². The molecule has 1 aromatic rings. The number of carbonyl (C=O) groups is 2. The topological polar surface area (TPSA) is 68.5 Å². The summed E-state index contributed by atoms with van der Waals surface area (Å²) in [5.41, 5.74) is 0.378. The van der Waals surface area contributed by atoms with E-state index in [2.05, 4.69) is 5.32 Å². The Morgan fingerprint density at radius 1 is 1.35 bits per heavy atom. The summed E-state index contributed by atoms with van der Waals surface area (Å²) in [6.45, 7) is 5.05. The average molecular weight is 279 g/mol. The monoisotopic (exact) mass is 279 g/mol. The Hall–Kier alpha value is -1.78. The van der Waals surface area contributed by atoms with Crippen LogP contribution in [0.25, 0.3) is 0 Å². The van der Waals surface area contributed by atoms with Crippen molar-refractivity contribution in [3.05, 3.63) is 23.2 Å². The molecule has 0 saturated heterocycles. The van der Waals surface area contributed by atoms with Crippen LogP contribution in [0.4, 0.5) is 0 Å². The number of furan rings is 1. The smallest absolute Gasteiger partial charge is 0.342 e. The summed E-state index contributed by atoms with van der Waals surface area (Å²) < 4.78 is 10.5. The van der Waals surface area contributed by atoms with E-state index in [9.17, 15) is 9.59 Å². The van der Waals surface area contributed by atoms with Crippen LogP contribution in [0.15, 0.2) is 10.5 Å². The quantitative estimate of drug-likeness (QED) is 0.860. The number of rotatable bonds is 4. The lowest BCUT2D eigenvalue weighted by Gasteiger charge is -2.16. The van der Waals surface area contributed by atoms with Crippen LogP contribution in [-0.2, 0) is 9.53 Å². The molecule has 0 radical (unpaired) electrons. The van der Waals surface area contributed by atoms with E-state index in [0.717, 1.165) is 25.7 Å². The maximum Gasteiger partial charge on any atom is 0.342 e. The summed E-state index contributed by atoms with van der Waals surface area (Å²) >= 11 is 0. The van der Waals surface area contributed by atoms with E-state index in [4.69, 9.17) is 9.15 Å². The second-order valence-electron chi connectivity index (χ2n) is 5.36. The number of hydrogen-bond donors (Lipinski definition) is 1. The van der Waals surface area contributed by atoms with E-state index in [0.29, 0.717) is 17.1 Å². The zero-order chi connectivity index (χ0) is 14.7. The molecule has 0 bridgehead atoms. The average Bonchev–Trinajstić information content (AvgIpc) is 2.98. The van der Waals surface area contributed by atoms with Gasteiger partial charge in [-0.05, 0) is 39.7 Å². The van der Waals surface area contributed by atoms with Crippen LogP contribution < -0.4 is 5.32 Å². The summed E-state index contributed by atoms with van der Waals surface area (Å²) in [6, 6.07) is 1.85. The molecule has 1 heterocycles. The molecule has 1 aliphatic rings. The van der Waals surface area contributed by atoms with Crippen molar-refractivity contribution in [1.82, 2.24) is 5.32 Å². The molecule has 1 aliphatic carbocycles. The molecule has 5 heteroatoms. The normalized spacial score (nSPS) is 16.9. The number of hydrogen-bond acceptors (Lipinski definition) is 4. The van der Waals surface area contributed by atoms with Crippen molar-refractivity contribution in [3.8, 4) is 0 Å². The second-order valence-corrected chi connectivity index (χ2v) is 5.36. The number of carbonyl (C=O) groups excluding carboxylic acids is 2. The first-order chi connectivity index (χ1) is 9.47. The summed E-state index contributed by atoms with van der Waals surface area (Å²) in [7, 11) is 0. The van der Waals surface area contributed by atoms with Crippen LogP contribution >= 0.6 is 0 Å². The van der Waals surface area contributed by atoms with E-state index in [1.165, 1.54) is 0 Å². The zero-order valence-corrected chi connectivity index (χ0v) is 12.2. The van der Waals surface area contributed by atoms with Crippen molar-refractivity contribution >= 4 is 11.9 Å². The zero-order valence-electron chi connectivity index (χ0n) is 12.2. The van der Waals surface area contributed by atoms with E-state index >= 15 is 0 Å². The molecule has 0 aromatic carbocycles. The Bertz CT molecular complexity index is 500. The van der Waals surface area contributed by atoms with Crippen molar-refractivity contribution in [2.45, 2.75) is 58.6 Å². The molecule has 0 aliphatic heterocycles. The SMILES string of the molecule is Cc1cc(C(=O)O[C@@H](C)C(=O)NC2CCCC2)c(C)o1. The molecule has 5 nitrogen and oxygen atoms in total. The third-order valence-electron chi connectivity index (χ3n) is 3.62. The van der Waals surface area contributed by atoms with Gasteiger partial charge in [0, 0.05) is 6.04 Å². The Morgan fingerprint density at radius 2 is 2.00 bits per heavy atom. The van der Waals surface area contributed by atoms with Gasteiger partial charge in [0.05, 0.1) is 0 Å². The second kappa shape index (κ2) is 6.11. The van der Waals surface area contributed by atoms with Gasteiger partial charge in [-0.1, -0.05) is 12.8 Å². The highest BCUT2D eigenvalue weighted by Gasteiger charge is 2.24. The van der Waals surface area contributed by atoms with Crippen molar-refractivity contribution in [3.63, 3.8) is 0 Å². The molecular formula is C15H21NO4. The van der Waals surface area contributed by atoms with E-state index in [1.807, 2.05) is 0 Å². The van der Waals surface area contributed by atoms with E-state index < -0.39 is 12.1 Å². The van der Waals surface area contributed by atoms with Gasteiger partial charge < -0.3 is 14.5 Å². The van der Waals surface area contributed by atoms with Crippen LogP contribution in [0.5, 0.6) is 0 Å². The molecule has 1 fully saturated rings. The highest BCUT2D eigenvalue weighted by molar-refractivity contribution is 5.93. The fourth-order valence-corrected chi connectivity index (χ4v) is 2.50. The highest BCUT2D eigenvalue weighted by Crippen LogP contribution is 2.18. The number of ether oxygens (including phenoxy) is 1. The fraction of sp³-hybridized carbons (Fsp3) is 0.600. The van der Waals surface area contributed by atoms with Crippen LogP contribution in [0.2, 0.25) is 0 Å². The minimum Gasteiger partial charge on any atom is -0.466 e. The maximum absolute atomic E-state index is 12.0. The first-order valence-corrected chi connectivity index (χ1v) is 7.05. The molecule has 2 rings (SSSR count). The molecule has 110 valence electrons. The lowest BCUT2D eigenvalue weighted by Crippen LogP contribution is -2.40. The Balaban J connectivity index is 1.89. The molecule has 1 aromatic heterocycles. The third-order valence-corrected chi connectivity index (χ3v) is 3.62. The van der Waals surface area contributed by atoms with E-state index in [-0.39, 0.29) is 11.9 Å². The van der Waals surface area contributed by atoms with Crippen LogP contribution in [0, 0.1) is 13.8 Å². The lowest BCUT2D eigenvalue weighted by atomic mass is 10.2. The molecule has 0 unspecified atom stereocenters. The summed E-state index contributed by atoms with van der Waals surface area (Å²) in [6.07, 6.45) is 3.51. The summed E-state index contributed by atoms with van der Waals surface area (Å²) in [5, 5.41) is 2.92. The first kappa shape index (κ1) is 14.6. The van der Waals surface area contributed by atoms with Crippen molar-refractivity contribution in [1.29, 1.82) is 0 Å². The summed E-state index contributed by atoms with van der Waals surface area (Å²) in [4.78, 5) is 23.9. The number of esters is 1. The highest BCUT2D eigenvalue weighted by atomic mass is 16.5. The Kier molecular flexibility index (Phi) is 4.47. The number of aryl methyl sites for hydroxylation is 2. The molecule has 1 saturated carbocycles. The number of nitrogens with one attached hydrogen (secondary N) is 1.